The summed E-state index contributed by atoms with van der Waals surface area (Å²) < 4.78 is 6.44. The molecule has 80 valence electrons. The van der Waals surface area contributed by atoms with E-state index in [9.17, 15) is 0 Å². The predicted molar refractivity (Wildman–Crippen MR) is 63.8 cm³/mol. The lowest BCUT2D eigenvalue weighted by Gasteiger charge is -2.00. The lowest BCUT2D eigenvalue weighted by molar-refractivity contribution is 0.559. The molecule has 1 aromatic heterocycles. The second-order valence-electron chi connectivity index (χ2n) is 3.55. The topological polar surface area (TPSA) is 52.0 Å². The molecule has 0 fully saturated rings. The molecule has 2 rings (SSSR count). The van der Waals surface area contributed by atoms with Crippen LogP contribution in [0.15, 0.2) is 21.0 Å². The van der Waals surface area contributed by atoms with Gasteiger partial charge in [0.25, 0.3) is 0 Å². The van der Waals surface area contributed by atoms with Crippen LogP contribution in [-0.4, -0.2) is 11.5 Å². The number of nitrogens with two attached hydrogens (primary N) is 1. The SMILES string of the molecule is Cc1nc2cc(CCCN)cc(Br)c2o1. The van der Waals surface area contributed by atoms with Gasteiger partial charge in [0.1, 0.15) is 5.52 Å². The highest BCUT2D eigenvalue weighted by molar-refractivity contribution is 9.10. The molecule has 4 heteroatoms. The zero-order valence-electron chi connectivity index (χ0n) is 8.59. The summed E-state index contributed by atoms with van der Waals surface area (Å²) >= 11 is 3.49. The van der Waals surface area contributed by atoms with E-state index in [-0.39, 0.29) is 0 Å². The summed E-state index contributed by atoms with van der Waals surface area (Å²) in [5, 5.41) is 0. The summed E-state index contributed by atoms with van der Waals surface area (Å²) in [4.78, 5) is 4.31. The third kappa shape index (κ3) is 2.21. The van der Waals surface area contributed by atoms with Crippen LogP contribution in [0.25, 0.3) is 11.1 Å². The summed E-state index contributed by atoms with van der Waals surface area (Å²) in [6.45, 7) is 2.57. The van der Waals surface area contributed by atoms with Gasteiger partial charge in [0.2, 0.25) is 0 Å². The fourth-order valence-corrected chi connectivity index (χ4v) is 2.19. The van der Waals surface area contributed by atoms with E-state index in [1.54, 1.807) is 0 Å². The van der Waals surface area contributed by atoms with Crippen LogP contribution in [0.4, 0.5) is 0 Å². The number of hydrogen-bond acceptors (Lipinski definition) is 3. The van der Waals surface area contributed by atoms with Gasteiger partial charge >= 0.3 is 0 Å². The predicted octanol–water partition coefficient (Wildman–Crippen LogP) is 2.79. The van der Waals surface area contributed by atoms with E-state index in [4.69, 9.17) is 10.2 Å². The molecule has 0 aliphatic carbocycles. The van der Waals surface area contributed by atoms with Crippen molar-refractivity contribution in [2.75, 3.05) is 6.54 Å². The van der Waals surface area contributed by atoms with Gasteiger partial charge in [-0.25, -0.2) is 4.98 Å². The lowest BCUT2D eigenvalue weighted by Crippen LogP contribution is -2.00. The average molecular weight is 269 g/mol. The Morgan fingerprint density at radius 3 is 3.00 bits per heavy atom. The number of oxazole rings is 1. The highest BCUT2D eigenvalue weighted by atomic mass is 79.9. The molecule has 0 aliphatic heterocycles. The van der Waals surface area contributed by atoms with Gasteiger partial charge < -0.3 is 10.2 Å². The summed E-state index contributed by atoms with van der Waals surface area (Å²) in [7, 11) is 0. The molecule has 2 aromatic rings. The minimum absolute atomic E-state index is 0.696. The Balaban J connectivity index is 2.42. The largest absolute Gasteiger partial charge is 0.440 e. The van der Waals surface area contributed by atoms with Crippen LogP contribution in [-0.2, 0) is 6.42 Å². The molecule has 15 heavy (non-hydrogen) atoms. The first-order valence-corrected chi connectivity index (χ1v) is 5.75. The van der Waals surface area contributed by atoms with E-state index < -0.39 is 0 Å². The van der Waals surface area contributed by atoms with Gasteiger partial charge in [0.15, 0.2) is 11.5 Å². The molecule has 1 aromatic carbocycles. The molecule has 0 atom stereocenters. The van der Waals surface area contributed by atoms with Gasteiger partial charge in [0.05, 0.1) is 4.47 Å². The van der Waals surface area contributed by atoms with E-state index in [0.29, 0.717) is 12.4 Å². The highest BCUT2D eigenvalue weighted by Gasteiger charge is 2.07. The Labute approximate surface area is 96.8 Å². The first-order valence-electron chi connectivity index (χ1n) is 4.96. The van der Waals surface area contributed by atoms with Crippen LogP contribution >= 0.6 is 15.9 Å². The summed E-state index contributed by atoms with van der Waals surface area (Å²) in [6, 6.07) is 4.13. The third-order valence-corrected chi connectivity index (χ3v) is 2.87. The minimum Gasteiger partial charge on any atom is -0.440 e. The quantitative estimate of drug-likeness (QED) is 0.932. The van der Waals surface area contributed by atoms with Gasteiger partial charge in [-0.05, 0) is 53.0 Å². The van der Waals surface area contributed by atoms with Crippen LogP contribution in [0.5, 0.6) is 0 Å². The van der Waals surface area contributed by atoms with E-state index in [0.717, 1.165) is 28.4 Å². The van der Waals surface area contributed by atoms with Gasteiger partial charge in [0, 0.05) is 6.92 Å². The van der Waals surface area contributed by atoms with Crippen LogP contribution in [0.2, 0.25) is 0 Å². The van der Waals surface area contributed by atoms with Gasteiger partial charge in [-0.3, -0.25) is 0 Å². The van der Waals surface area contributed by atoms with Crippen LogP contribution < -0.4 is 5.73 Å². The Kier molecular flexibility index (Phi) is 3.07. The minimum atomic E-state index is 0.696. The van der Waals surface area contributed by atoms with E-state index in [2.05, 4.69) is 33.0 Å². The fraction of sp³-hybridized carbons (Fsp3) is 0.364. The molecule has 0 unspecified atom stereocenters. The maximum absolute atomic E-state index is 5.49. The molecule has 0 bridgehead atoms. The van der Waals surface area contributed by atoms with Crippen molar-refractivity contribution in [3.8, 4) is 0 Å². The maximum Gasteiger partial charge on any atom is 0.192 e. The van der Waals surface area contributed by atoms with Crippen LogP contribution in [0.1, 0.15) is 17.9 Å². The lowest BCUT2D eigenvalue weighted by atomic mass is 10.1. The second-order valence-corrected chi connectivity index (χ2v) is 4.41. The van der Waals surface area contributed by atoms with Crippen molar-refractivity contribution in [3.63, 3.8) is 0 Å². The second kappa shape index (κ2) is 4.33. The van der Waals surface area contributed by atoms with Crippen molar-refractivity contribution in [2.45, 2.75) is 19.8 Å². The Bertz CT molecular complexity index is 479. The van der Waals surface area contributed by atoms with Crippen molar-refractivity contribution in [1.29, 1.82) is 0 Å². The van der Waals surface area contributed by atoms with Crippen molar-refractivity contribution in [1.82, 2.24) is 4.98 Å². The van der Waals surface area contributed by atoms with Crippen molar-refractivity contribution < 1.29 is 4.42 Å². The normalized spacial score (nSPS) is 11.1. The molecule has 2 N–H and O–H groups in total. The number of aryl methyl sites for hydroxylation is 2. The van der Waals surface area contributed by atoms with Gasteiger partial charge in [-0.15, -0.1) is 0 Å². The molecular formula is C11H13BrN2O. The molecule has 0 radical (unpaired) electrons. The van der Waals surface area contributed by atoms with E-state index >= 15 is 0 Å². The molecular weight excluding hydrogens is 256 g/mol. The number of hydrogen-bond donors (Lipinski definition) is 1. The molecule has 3 nitrogen and oxygen atoms in total. The summed E-state index contributed by atoms with van der Waals surface area (Å²) in [6.07, 6.45) is 1.98. The maximum atomic E-state index is 5.49. The van der Waals surface area contributed by atoms with Crippen LogP contribution in [0, 0.1) is 6.92 Å². The monoisotopic (exact) mass is 268 g/mol. The number of rotatable bonds is 3. The molecule has 0 spiro atoms. The molecule has 0 aliphatic rings. The van der Waals surface area contributed by atoms with E-state index in [1.165, 1.54) is 5.56 Å². The van der Waals surface area contributed by atoms with Crippen molar-refractivity contribution >= 4 is 27.0 Å². The highest BCUT2D eigenvalue weighted by Crippen LogP contribution is 2.26. The van der Waals surface area contributed by atoms with E-state index in [1.807, 2.05) is 6.92 Å². The number of halogens is 1. The number of fused-ring (bicyclic) bond motifs is 1. The zero-order valence-corrected chi connectivity index (χ0v) is 10.2. The number of benzene rings is 1. The number of aromatic nitrogens is 1. The molecule has 0 amide bonds. The van der Waals surface area contributed by atoms with Gasteiger partial charge in [-0.2, -0.15) is 0 Å². The summed E-state index contributed by atoms with van der Waals surface area (Å²) in [5.74, 6) is 0.696. The zero-order chi connectivity index (χ0) is 10.8. The average Bonchev–Trinajstić information content (AvgIpc) is 2.56. The molecule has 0 saturated heterocycles. The molecule has 0 saturated carbocycles. The number of nitrogens with zero attached hydrogens (tertiary/aromatic N) is 1. The Hall–Kier alpha value is -0.870. The van der Waals surface area contributed by atoms with Crippen molar-refractivity contribution in [3.05, 3.63) is 28.1 Å². The first kappa shape index (κ1) is 10.6. The third-order valence-electron chi connectivity index (χ3n) is 2.28. The Morgan fingerprint density at radius 2 is 2.27 bits per heavy atom. The Morgan fingerprint density at radius 1 is 1.47 bits per heavy atom. The van der Waals surface area contributed by atoms with Gasteiger partial charge in [-0.1, -0.05) is 0 Å². The van der Waals surface area contributed by atoms with Crippen LogP contribution in [0.3, 0.4) is 0 Å². The van der Waals surface area contributed by atoms with Crippen molar-refractivity contribution in [2.24, 2.45) is 5.73 Å². The smallest absolute Gasteiger partial charge is 0.192 e. The first-order chi connectivity index (χ1) is 7.20. The molecule has 1 heterocycles. The fourth-order valence-electron chi connectivity index (χ4n) is 1.61. The standard InChI is InChI=1S/C11H13BrN2O/c1-7-14-10-6-8(3-2-4-13)5-9(12)11(10)15-7/h5-6H,2-4,13H2,1H3. The summed E-state index contributed by atoms with van der Waals surface area (Å²) in [5.41, 5.74) is 8.46.